The lowest BCUT2D eigenvalue weighted by Crippen LogP contribution is -2.06. The molecule has 0 unspecified atom stereocenters. The zero-order valence-corrected chi connectivity index (χ0v) is 11.0. The summed E-state index contributed by atoms with van der Waals surface area (Å²) in [4.78, 5) is 19.6. The Morgan fingerprint density at radius 1 is 1.40 bits per heavy atom. The number of rotatable bonds is 3. The third-order valence-electron chi connectivity index (χ3n) is 2.81. The Morgan fingerprint density at radius 2 is 2.25 bits per heavy atom. The SMILES string of the molecule is COC(=O)Cc1nc2nccc(-c3ccc(C)o3)n2n1. The topological polar surface area (TPSA) is 82.5 Å². The smallest absolute Gasteiger partial charge is 0.313 e. The standard InChI is InChI=1S/C13H12N4O3/c1-8-3-4-10(20-8)9-5-6-14-13-15-11(16-17(9)13)7-12(18)19-2/h3-6H,7H2,1-2H3. The Labute approximate surface area is 114 Å². The molecule has 3 rings (SSSR count). The van der Waals surface area contributed by atoms with Crippen molar-refractivity contribution in [1.82, 2.24) is 19.6 Å². The van der Waals surface area contributed by atoms with Gasteiger partial charge in [-0.25, -0.2) is 4.98 Å². The predicted molar refractivity (Wildman–Crippen MR) is 68.9 cm³/mol. The first-order valence-corrected chi connectivity index (χ1v) is 6.01. The number of carbonyl (C=O) groups excluding carboxylic acids is 1. The molecule has 0 spiro atoms. The lowest BCUT2D eigenvalue weighted by atomic mass is 10.3. The Hall–Kier alpha value is -2.70. The van der Waals surface area contributed by atoms with Gasteiger partial charge >= 0.3 is 5.97 Å². The maximum Gasteiger partial charge on any atom is 0.313 e. The first-order valence-electron chi connectivity index (χ1n) is 6.01. The molecule has 0 saturated carbocycles. The molecule has 0 aliphatic rings. The number of aromatic nitrogens is 4. The van der Waals surface area contributed by atoms with Gasteiger partial charge in [-0.15, -0.1) is 5.10 Å². The molecule has 3 aromatic heterocycles. The Morgan fingerprint density at radius 3 is 2.95 bits per heavy atom. The number of aryl methyl sites for hydroxylation is 1. The number of hydrogen-bond donors (Lipinski definition) is 0. The van der Waals surface area contributed by atoms with E-state index in [9.17, 15) is 4.79 Å². The van der Waals surface area contributed by atoms with E-state index in [1.54, 1.807) is 16.8 Å². The van der Waals surface area contributed by atoms with E-state index in [2.05, 4.69) is 19.8 Å². The molecule has 0 atom stereocenters. The van der Waals surface area contributed by atoms with Gasteiger partial charge in [0.25, 0.3) is 5.78 Å². The van der Waals surface area contributed by atoms with Gasteiger partial charge in [0, 0.05) is 6.20 Å². The highest BCUT2D eigenvalue weighted by atomic mass is 16.5. The fraction of sp³-hybridized carbons (Fsp3) is 0.231. The van der Waals surface area contributed by atoms with Gasteiger partial charge in [-0.05, 0) is 25.1 Å². The van der Waals surface area contributed by atoms with E-state index >= 15 is 0 Å². The van der Waals surface area contributed by atoms with Crippen LogP contribution in [0.25, 0.3) is 17.2 Å². The molecule has 0 fully saturated rings. The van der Waals surface area contributed by atoms with Crippen LogP contribution in [-0.4, -0.2) is 32.7 Å². The minimum absolute atomic E-state index is 0.0104. The van der Waals surface area contributed by atoms with E-state index in [1.165, 1.54) is 7.11 Å². The Kier molecular flexibility index (Phi) is 2.94. The largest absolute Gasteiger partial charge is 0.469 e. The molecule has 3 aromatic rings. The fourth-order valence-electron chi connectivity index (χ4n) is 1.87. The molecule has 0 aliphatic carbocycles. The van der Waals surface area contributed by atoms with Crippen molar-refractivity contribution in [3.05, 3.63) is 36.0 Å². The van der Waals surface area contributed by atoms with Crippen molar-refractivity contribution in [3.63, 3.8) is 0 Å². The van der Waals surface area contributed by atoms with Gasteiger partial charge in [0.2, 0.25) is 0 Å². The van der Waals surface area contributed by atoms with Crippen molar-refractivity contribution in [1.29, 1.82) is 0 Å². The normalized spacial score (nSPS) is 10.9. The van der Waals surface area contributed by atoms with E-state index in [1.807, 2.05) is 19.1 Å². The van der Waals surface area contributed by atoms with Crippen LogP contribution in [0.5, 0.6) is 0 Å². The number of methoxy groups -OCH3 is 1. The Balaban J connectivity index is 2.07. The maximum atomic E-state index is 11.3. The van der Waals surface area contributed by atoms with Gasteiger partial charge in [-0.2, -0.15) is 9.50 Å². The lowest BCUT2D eigenvalue weighted by molar-refractivity contribution is -0.139. The van der Waals surface area contributed by atoms with E-state index in [-0.39, 0.29) is 6.42 Å². The van der Waals surface area contributed by atoms with Crippen LogP contribution in [0.2, 0.25) is 0 Å². The van der Waals surface area contributed by atoms with Crippen LogP contribution in [-0.2, 0) is 16.0 Å². The van der Waals surface area contributed by atoms with Crippen molar-refractivity contribution >= 4 is 11.7 Å². The summed E-state index contributed by atoms with van der Waals surface area (Å²) < 4.78 is 11.7. The molecule has 102 valence electrons. The average Bonchev–Trinajstić information content (AvgIpc) is 3.03. The van der Waals surface area contributed by atoms with Gasteiger partial charge in [-0.3, -0.25) is 4.79 Å². The molecular weight excluding hydrogens is 260 g/mol. The summed E-state index contributed by atoms with van der Waals surface area (Å²) in [5.74, 6) is 1.86. The number of furan rings is 1. The number of hydrogen-bond acceptors (Lipinski definition) is 6. The molecule has 0 aliphatic heterocycles. The molecule has 0 saturated heterocycles. The summed E-state index contributed by atoms with van der Waals surface area (Å²) in [6.45, 7) is 1.87. The van der Waals surface area contributed by atoms with Crippen molar-refractivity contribution < 1.29 is 13.9 Å². The van der Waals surface area contributed by atoms with Crippen LogP contribution in [0.4, 0.5) is 0 Å². The van der Waals surface area contributed by atoms with E-state index in [4.69, 9.17) is 4.42 Å². The second kappa shape index (κ2) is 4.76. The lowest BCUT2D eigenvalue weighted by Gasteiger charge is -1.99. The minimum Gasteiger partial charge on any atom is -0.469 e. The summed E-state index contributed by atoms with van der Waals surface area (Å²) in [6, 6.07) is 5.50. The molecule has 7 nitrogen and oxygen atoms in total. The third-order valence-corrected chi connectivity index (χ3v) is 2.81. The number of esters is 1. The number of nitrogens with zero attached hydrogens (tertiary/aromatic N) is 4. The van der Waals surface area contributed by atoms with Crippen LogP contribution in [0, 0.1) is 6.92 Å². The molecule has 0 bridgehead atoms. The molecule has 0 N–H and O–H groups in total. The monoisotopic (exact) mass is 272 g/mol. The van der Waals surface area contributed by atoms with E-state index in [0.717, 1.165) is 11.5 Å². The van der Waals surface area contributed by atoms with E-state index in [0.29, 0.717) is 17.4 Å². The highest BCUT2D eigenvalue weighted by Crippen LogP contribution is 2.21. The molecule has 0 amide bonds. The van der Waals surface area contributed by atoms with Crippen molar-refractivity contribution in [2.75, 3.05) is 7.11 Å². The zero-order valence-electron chi connectivity index (χ0n) is 11.0. The first-order chi connectivity index (χ1) is 9.67. The van der Waals surface area contributed by atoms with Crippen molar-refractivity contribution in [2.24, 2.45) is 0 Å². The molecular formula is C13H12N4O3. The summed E-state index contributed by atoms with van der Waals surface area (Å²) in [6.07, 6.45) is 1.63. The van der Waals surface area contributed by atoms with Crippen LogP contribution in [0.15, 0.2) is 28.8 Å². The molecule has 20 heavy (non-hydrogen) atoms. The van der Waals surface area contributed by atoms with Gasteiger partial charge in [0.15, 0.2) is 11.6 Å². The minimum atomic E-state index is -0.392. The van der Waals surface area contributed by atoms with Gasteiger partial charge in [0.1, 0.15) is 17.9 Å². The van der Waals surface area contributed by atoms with Crippen molar-refractivity contribution in [2.45, 2.75) is 13.3 Å². The number of carbonyl (C=O) groups is 1. The quantitative estimate of drug-likeness (QED) is 0.670. The maximum absolute atomic E-state index is 11.3. The van der Waals surface area contributed by atoms with E-state index < -0.39 is 5.97 Å². The highest BCUT2D eigenvalue weighted by molar-refractivity contribution is 5.71. The second-order valence-electron chi connectivity index (χ2n) is 4.23. The van der Waals surface area contributed by atoms with Crippen LogP contribution < -0.4 is 0 Å². The van der Waals surface area contributed by atoms with Gasteiger partial charge in [-0.1, -0.05) is 0 Å². The predicted octanol–water partition coefficient (Wildman–Crippen LogP) is 1.41. The average molecular weight is 272 g/mol. The highest BCUT2D eigenvalue weighted by Gasteiger charge is 2.14. The van der Waals surface area contributed by atoms with Gasteiger partial charge < -0.3 is 9.15 Å². The van der Waals surface area contributed by atoms with Crippen LogP contribution >= 0.6 is 0 Å². The molecule has 0 aromatic carbocycles. The zero-order chi connectivity index (χ0) is 14.1. The summed E-state index contributed by atoms with van der Waals surface area (Å²) >= 11 is 0. The van der Waals surface area contributed by atoms with Crippen LogP contribution in [0.3, 0.4) is 0 Å². The first kappa shape index (κ1) is 12.3. The van der Waals surface area contributed by atoms with Crippen molar-refractivity contribution in [3.8, 4) is 11.5 Å². The third kappa shape index (κ3) is 2.13. The van der Waals surface area contributed by atoms with Gasteiger partial charge in [0.05, 0.1) is 7.11 Å². The molecule has 7 heteroatoms. The molecule has 3 heterocycles. The Bertz CT molecular complexity index is 775. The van der Waals surface area contributed by atoms with Crippen LogP contribution in [0.1, 0.15) is 11.6 Å². The second-order valence-corrected chi connectivity index (χ2v) is 4.23. The summed E-state index contributed by atoms with van der Waals surface area (Å²) in [7, 11) is 1.33. The summed E-state index contributed by atoms with van der Waals surface area (Å²) in [5.41, 5.74) is 0.728. The number of ether oxygens (including phenoxy) is 1. The summed E-state index contributed by atoms with van der Waals surface area (Å²) in [5, 5.41) is 4.27. The molecule has 0 radical (unpaired) electrons. The number of fused-ring (bicyclic) bond motifs is 1. The fourth-order valence-corrected chi connectivity index (χ4v) is 1.87.